The van der Waals surface area contributed by atoms with E-state index in [-0.39, 0.29) is 18.3 Å². The van der Waals surface area contributed by atoms with E-state index in [0.29, 0.717) is 16.6 Å². The van der Waals surface area contributed by atoms with Crippen molar-refractivity contribution in [3.63, 3.8) is 0 Å². The fourth-order valence-electron chi connectivity index (χ4n) is 2.34. The van der Waals surface area contributed by atoms with E-state index in [4.69, 9.17) is 0 Å². The fraction of sp³-hybridized carbons (Fsp3) is 0.400. The molecule has 1 aliphatic rings. The van der Waals surface area contributed by atoms with Gasteiger partial charge >= 0.3 is 0 Å². The van der Waals surface area contributed by atoms with Crippen molar-refractivity contribution in [2.24, 2.45) is 5.92 Å². The van der Waals surface area contributed by atoms with Crippen LogP contribution in [0.4, 0.5) is 5.13 Å². The molecule has 22 heavy (non-hydrogen) atoms. The molecule has 0 atom stereocenters. The minimum atomic E-state index is -0.128. The minimum absolute atomic E-state index is 0. The van der Waals surface area contributed by atoms with Gasteiger partial charge in [-0.3, -0.25) is 10.1 Å². The van der Waals surface area contributed by atoms with Gasteiger partial charge < -0.3 is 5.32 Å². The zero-order valence-electron chi connectivity index (χ0n) is 12.5. The second kappa shape index (κ2) is 7.17. The lowest BCUT2D eigenvalue weighted by atomic mass is 10.1. The van der Waals surface area contributed by atoms with Crippen molar-refractivity contribution in [3.05, 3.63) is 39.9 Å². The van der Waals surface area contributed by atoms with Crippen LogP contribution in [0.1, 0.15) is 40.3 Å². The summed E-state index contributed by atoms with van der Waals surface area (Å²) in [6.07, 6.45) is 0.887. The van der Waals surface area contributed by atoms with E-state index in [0.717, 1.165) is 24.5 Å². The summed E-state index contributed by atoms with van der Waals surface area (Å²) in [5, 5.41) is 15.8. The first-order valence-electron chi connectivity index (χ1n) is 7.08. The van der Waals surface area contributed by atoms with Crippen molar-refractivity contribution in [2.45, 2.75) is 33.4 Å². The Morgan fingerprint density at radius 2 is 2.09 bits per heavy atom. The largest absolute Gasteiger partial charge is 0.309 e. The Bertz CT molecular complexity index is 671. The number of nitrogens with zero attached hydrogens (tertiary/aromatic N) is 2. The molecule has 0 aliphatic carbocycles. The number of hydrogen-bond acceptors (Lipinski definition) is 5. The van der Waals surface area contributed by atoms with E-state index in [1.54, 1.807) is 0 Å². The van der Waals surface area contributed by atoms with Crippen LogP contribution in [0.5, 0.6) is 0 Å². The molecule has 0 spiro atoms. The predicted octanol–water partition coefficient (Wildman–Crippen LogP) is 3.01. The quantitative estimate of drug-likeness (QED) is 0.899. The number of carbonyl (C=O) groups excluding carboxylic acids is 1. The summed E-state index contributed by atoms with van der Waals surface area (Å²) in [4.78, 5) is 12.3. The highest BCUT2D eigenvalue weighted by molar-refractivity contribution is 7.15. The van der Waals surface area contributed by atoms with E-state index < -0.39 is 0 Å². The molecule has 0 saturated carbocycles. The van der Waals surface area contributed by atoms with Crippen molar-refractivity contribution in [3.8, 4) is 0 Å². The molecular formula is C15H19ClN4OS. The number of aromatic nitrogens is 2. The lowest BCUT2D eigenvalue weighted by Crippen LogP contribution is -2.12. The smallest absolute Gasteiger partial charge is 0.257 e. The van der Waals surface area contributed by atoms with Crippen LogP contribution in [-0.2, 0) is 19.5 Å². The Morgan fingerprint density at radius 1 is 1.32 bits per heavy atom. The maximum Gasteiger partial charge on any atom is 0.257 e. The number of anilines is 1. The number of hydrogen-bond donors (Lipinski definition) is 2. The molecule has 118 valence electrons. The first-order valence-corrected chi connectivity index (χ1v) is 7.89. The van der Waals surface area contributed by atoms with Crippen LogP contribution >= 0.6 is 23.7 Å². The predicted molar refractivity (Wildman–Crippen MR) is 90.6 cm³/mol. The van der Waals surface area contributed by atoms with E-state index in [1.807, 2.05) is 18.2 Å². The van der Waals surface area contributed by atoms with Crippen molar-refractivity contribution in [1.29, 1.82) is 0 Å². The van der Waals surface area contributed by atoms with Gasteiger partial charge in [0.15, 0.2) is 0 Å². The zero-order valence-corrected chi connectivity index (χ0v) is 14.2. The molecule has 0 saturated heterocycles. The molecule has 0 bridgehead atoms. The molecule has 7 heteroatoms. The minimum Gasteiger partial charge on any atom is -0.309 e. The SMILES string of the molecule is CC(C)Cc1nnc(NC(=O)c2ccc3c(c2)CNC3)s1.Cl. The molecule has 1 aromatic carbocycles. The van der Waals surface area contributed by atoms with Gasteiger partial charge in [-0.2, -0.15) is 0 Å². The summed E-state index contributed by atoms with van der Waals surface area (Å²) in [5.41, 5.74) is 3.13. The summed E-state index contributed by atoms with van der Waals surface area (Å²) in [5.74, 6) is 0.405. The van der Waals surface area contributed by atoms with Gasteiger partial charge in [0.2, 0.25) is 5.13 Å². The Hall–Kier alpha value is -1.50. The topological polar surface area (TPSA) is 66.9 Å². The Kier molecular flexibility index (Phi) is 5.50. The summed E-state index contributed by atoms with van der Waals surface area (Å²) in [7, 11) is 0. The number of fused-ring (bicyclic) bond motifs is 1. The number of halogens is 1. The van der Waals surface area contributed by atoms with E-state index in [1.165, 1.54) is 22.5 Å². The highest BCUT2D eigenvalue weighted by atomic mass is 35.5. The lowest BCUT2D eigenvalue weighted by molar-refractivity contribution is 0.102. The van der Waals surface area contributed by atoms with Crippen LogP contribution < -0.4 is 10.6 Å². The first-order chi connectivity index (χ1) is 10.1. The number of nitrogens with one attached hydrogen (secondary N) is 2. The zero-order chi connectivity index (χ0) is 14.8. The highest BCUT2D eigenvalue weighted by Crippen LogP contribution is 2.21. The molecule has 1 aromatic heterocycles. The van der Waals surface area contributed by atoms with Crippen molar-refractivity contribution in [2.75, 3.05) is 5.32 Å². The van der Waals surface area contributed by atoms with Crippen molar-refractivity contribution < 1.29 is 4.79 Å². The standard InChI is InChI=1S/C15H18N4OS.ClH/c1-9(2)5-13-18-19-15(21-13)17-14(20)10-3-4-11-7-16-8-12(11)6-10;/h3-4,6,9,16H,5,7-8H2,1-2H3,(H,17,19,20);1H. The first kappa shape index (κ1) is 16.9. The van der Waals surface area contributed by atoms with E-state index >= 15 is 0 Å². The third-order valence-electron chi connectivity index (χ3n) is 3.37. The third kappa shape index (κ3) is 3.82. The molecule has 0 fully saturated rings. The van der Waals surface area contributed by atoms with Gasteiger partial charge in [0, 0.05) is 25.1 Å². The normalized spacial score (nSPS) is 12.9. The summed E-state index contributed by atoms with van der Waals surface area (Å²) in [6, 6.07) is 5.81. The van der Waals surface area contributed by atoms with Gasteiger partial charge in [-0.05, 0) is 29.2 Å². The Balaban J connectivity index is 0.00000176. The van der Waals surface area contributed by atoms with Gasteiger partial charge in [0.05, 0.1) is 0 Å². The molecule has 2 heterocycles. The van der Waals surface area contributed by atoms with Gasteiger partial charge in [0.25, 0.3) is 5.91 Å². The summed E-state index contributed by atoms with van der Waals surface area (Å²) in [6.45, 7) is 5.98. The molecule has 1 aliphatic heterocycles. The molecule has 5 nitrogen and oxygen atoms in total. The Morgan fingerprint density at radius 3 is 2.86 bits per heavy atom. The monoisotopic (exact) mass is 338 g/mol. The fourth-order valence-corrected chi connectivity index (χ4v) is 3.29. The van der Waals surface area contributed by atoms with Crippen LogP contribution in [0, 0.1) is 5.92 Å². The van der Waals surface area contributed by atoms with Gasteiger partial charge in [0.1, 0.15) is 5.01 Å². The molecule has 0 unspecified atom stereocenters. The average molecular weight is 339 g/mol. The molecular weight excluding hydrogens is 320 g/mol. The molecule has 0 radical (unpaired) electrons. The van der Waals surface area contributed by atoms with Crippen LogP contribution in [-0.4, -0.2) is 16.1 Å². The molecule has 3 rings (SSSR count). The number of carbonyl (C=O) groups is 1. The Labute approximate surface area is 139 Å². The second-order valence-electron chi connectivity index (χ2n) is 5.64. The lowest BCUT2D eigenvalue weighted by Gasteiger charge is -2.03. The summed E-state index contributed by atoms with van der Waals surface area (Å²) < 4.78 is 0. The molecule has 2 N–H and O–H groups in total. The number of amides is 1. The molecule has 1 amide bonds. The third-order valence-corrected chi connectivity index (χ3v) is 4.23. The van der Waals surface area contributed by atoms with Gasteiger partial charge in [-0.15, -0.1) is 22.6 Å². The van der Waals surface area contributed by atoms with Gasteiger partial charge in [-0.25, -0.2) is 0 Å². The van der Waals surface area contributed by atoms with Crippen molar-refractivity contribution in [1.82, 2.24) is 15.5 Å². The highest BCUT2D eigenvalue weighted by Gasteiger charge is 2.15. The van der Waals surface area contributed by atoms with Crippen LogP contribution in [0.25, 0.3) is 0 Å². The van der Waals surface area contributed by atoms with Crippen LogP contribution in [0.2, 0.25) is 0 Å². The summed E-state index contributed by atoms with van der Waals surface area (Å²) >= 11 is 1.44. The van der Waals surface area contributed by atoms with Gasteiger partial charge in [-0.1, -0.05) is 31.3 Å². The number of rotatable bonds is 4. The van der Waals surface area contributed by atoms with Crippen LogP contribution in [0.15, 0.2) is 18.2 Å². The second-order valence-corrected chi connectivity index (χ2v) is 6.70. The number of benzene rings is 1. The van der Waals surface area contributed by atoms with Crippen molar-refractivity contribution >= 4 is 34.8 Å². The molecule has 2 aromatic rings. The van der Waals surface area contributed by atoms with Crippen LogP contribution in [0.3, 0.4) is 0 Å². The maximum atomic E-state index is 12.3. The van der Waals surface area contributed by atoms with E-state index in [2.05, 4.69) is 34.7 Å². The average Bonchev–Trinajstić information content (AvgIpc) is 3.06. The maximum absolute atomic E-state index is 12.3. The van der Waals surface area contributed by atoms with E-state index in [9.17, 15) is 4.79 Å².